The van der Waals surface area contributed by atoms with Gasteiger partial charge in [0.15, 0.2) is 11.6 Å². The van der Waals surface area contributed by atoms with Crippen LogP contribution >= 0.6 is 0 Å². The Labute approximate surface area is 214 Å². The quantitative estimate of drug-likeness (QED) is 0.419. The highest BCUT2D eigenvalue weighted by Gasteiger charge is 2.33. The van der Waals surface area contributed by atoms with Crippen molar-refractivity contribution in [2.24, 2.45) is 0 Å². The lowest BCUT2D eigenvalue weighted by Crippen LogP contribution is -2.43. The van der Waals surface area contributed by atoms with E-state index < -0.39 is 11.6 Å². The van der Waals surface area contributed by atoms with Gasteiger partial charge in [-0.2, -0.15) is 0 Å². The van der Waals surface area contributed by atoms with Crippen LogP contribution in [0.5, 0.6) is 0 Å². The van der Waals surface area contributed by atoms with Crippen LogP contribution < -0.4 is 10.6 Å². The van der Waals surface area contributed by atoms with Crippen molar-refractivity contribution in [2.45, 2.75) is 45.7 Å². The first-order valence-electron chi connectivity index (χ1n) is 12.7. The maximum absolute atomic E-state index is 15.1. The van der Waals surface area contributed by atoms with Crippen LogP contribution in [-0.4, -0.2) is 55.6 Å². The molecule has 4 aromatic rings. The van der Waals surface area contributed by atoms with Crippen molar-refractivity contribution in [3.8, 4) is 11.3 Å². The van der Waals surface area contributed by atoms with Crippen LogP contribution in [0.3, 0.4) is 0 Å². The number of halogens is 2. The van der Waals surface area contributed by atoms with Gasteiger partial charge in [0.25, 0.3) is 0 Å². The molecule has 0 bridgehead atoms. The van der Waals surface area contributed by atoms with Gasteiger partial charge in [-0.1, -0.05) is 6.07 Å². The van der Waals surface area contributed by atoms with E-state index >= 15 is 4.39 Å². The first-order valence-corrected chi connectivity index (χ1v) is 12.7. The maximum Gasteiger partial charge on any atom is 0.229 e. The molecule has 0 saturated carbocycles. The molecule has 192 valence electrons. The number of anilines is 2. The number of nitrogens with one attached hydrogen (secondary N) is 2. The highest BCUT2D eigenvalue weighted by Crippen LogP contribution is 2.38. The van der Waals surface area contributed by atoms with E-state index in [0.717, 1.165) is 68.8 Å². The summed E-state index contributed by atoms with van der Waals surface area (Å²) in [7, 11) is 0. The van der Waals surface area contributed by atoms with Crippen LogP contribution in [0.1, 0.15) is 37.4 Å². The van der Waals surface area contributed by atoms with Crippen LogP contribution in [-0.2, 0) is 18.5 Å². The molecule has 2 aliphatic rings. The van der Waals surface area contributed by atoms with Gasteiger partial charge in [0.05, 0.1) is 11.7 Å². The lowest BCUT2D eigenvalue weighted by atomic mass is 10.0. The molecule has 37 heavy (non-hydrogen) atoms. The smallest absolute Gasteiger partial charge is 0.229 e. The summed E-state index contributed by atoms with van der Waals surface area (Å²) in [5.74, 6) is 0.493. The number of benzene rings is 1. The SMILES string of the molecule is Cc1nc(Nc2ncc(F)c(-c3cc(F)c4nc5n(c4c3)C(C)(C)CC5)n2)ccc1CN1CCNCC1. The molecule has 0 amide bonds. The number of pyridine rings is 1. The van der Waals surface area contributed by atoms with Crippen LogP contribution in [0.2, 0.25) is 0 Å². The van der Waals surface area contributed by atoms with E-state index in [4.69, 9.17) is 0 Å². The summed E-state index contributed by atoms with van der Waals surface area (Å²) in [6, 6.07) is 6.98. The number of rotatable bonds is 5. The number of fused-ring (bicyclic) bond motifs is 3. The van der Waals surface area contributed by atoms with Crippen molar-refractivity contribution in [3.05, 3.63) is 59.2 Å². The zero-order valence-corrected chi connectivity index (χ0v) is 21.3. The molecule has 0 spiro atoms. The number of hydrogen-bond donors (Lipinski definition) is 2. The second kappa shape index (κ2) is 9.11. The Morgan fingerprint density at radius 1 is 1.05 bits per heavy atom. The van der Waals surface area contributed by atoms with E-state index in [9.17, 15) is 4.39 Å². The standard InChI is InChI=1S/C27H30F2N8/c1-16-17(15-36-10-8-30-9-11-36)4-5-22(32-16)33-26-31-14-20(29)24(35-26)18-12-19(28)25-21(13-18)37-23(34-25)6-7-27(37,2)3/h4-5,12-14,30H,6-11,15H2,1-3H3,(H,31,32,33,35). The van der Waals surface area contributed by atoms with Crippen molar-refractivity contribution >= 4 is 22.8 Å². The Morgan fingerprint density at radius 2 is 1.86 bits per heavy atom. The Bertz CT molecular complexity index is 1490. The number of imidazole rings is 1. The zero-order valence-electron chi connectivity index (χ0n) is 21.3. The van der Waals surface area contributed by atoms with Crippen molar-refractivity contribution in [3.63, 3.8) is 0 Å². The molecule has 1 aromatic carbocycles. The first kappa shape index (κ1) is 23.9. The van der Waals surface area contributed by atoms with Gasteiger partial charge >= 0.3 is 0 Å². The van der Waals surface area contributed by atoms with E-state index in [0.29, 0.717) is 22.4 Å². The summed E-state index contributed by atoms with van der Waals surface area (Å²) < 4.78 is 32.0. The van der Waals surface area contributed by atoms with E-state index in [-0.39, 0.29) is 17.2 Å². The summed E-state index contributed by atoms with van der Waals surface area (Å²) in [4.78, 5) is 20.1. The molecule has 0 unspecified atom stereocenters. The van der Waals surface area contributed by atoms with E-state index in [1.807, 2.05) is 19.1 Å². The van der Waals surface area contributed by atoms with Crippen molar-refractivity contribution in [1.29, 1.82) is 0 Å². The molecule has 2 aliphatic heterocycles. The summed E-state index contributed by atoms with van der Waals surface area (Å²) in [6.07, 6.45) is 2.81. The Balaban J connectivity index is 1.29. The van der Waals surface area contributed by atoms with Gasteiger partial charge < -0.3 is 15.2 Å². The number of aryl methyl sites for hydroxylation is 2. The molecule has 10 heteroatoms. The Hall–Kier alpha value is -3.50. The maximum atomic E-state index is 15.1. The molecule has 1 fully saturated rings. The minimum atomic E-state index is -0.625. The molecule has 2 N–H and O–H groups in total. The Morgan fingerprint density at radius 3 is 2.65 bits per heavy atom. The number of hydrogen-bond acceptors (Lipinski definition) is 7. The summed E-state index contributed by atoms with van der Waals surface area (Å²) >= 11 is 0. The third kappa shape index (κ3) is 4.44. The zero-order chi connectivity index (χ0) is 25.7. The van der Waals surface area contributed by atoms with Gasteiger partial charge in [-0.3, -0.25) is 4.90 Å². The average molecular weight is 505 g/mol. The van der Waals surface area contributed by atoms with Crippen molar-refractivity contribution in [2.75, 3.05) is 31.5 Å². The molecule has 0 aliphatic carbocycles. The third-order valence-electron chi connectivity index (χ3n) is 7.41. The number of piperazine rings is 1. The molecule has 0 radical (unpaired) electrons. The van der Waals surface area contributed by atoms with Gasteiger partial charge in [0, 0.05) is 55.9 Å². The van der Waals surface area contributed by atoms with E-state index in [1.165, 1.54) is 6.07 Å². The largest absolute Gasteiger partial charge is 0.322 e. The normalized spacial score (nSPS) is 17.3. The van der Waals surface area contributed by atoms with Gasteiger partial charge in [-0.15, -0.1) is 0 Å². The third-order valence-corrected chi connectivity index (χ3v) is 7.41. The molecule has 3 aromatic heterocycles. The van der Waals surface area contributed by atoms with E-state index in [1.54, 1.807) is 6.07 Å². The van der Waals surface area contributed by atoms with Crippen LogP contribution in [0.25, 0.3) is 22.3 Å². The lowest BCUT2D eigenvalue weighted by Gasteiger charge is -2.27. The van der Waals surface area contributed by atoms with E-state index in [2.05, 4.69) is 53.9 Å². The Kier molecular flexibility index (Phi) is 5.88. The molecular formula is C27H30F2N8. The highest BCUT2D eigenvalue weighted by atomic mass is 19.1. The fourth-order valence-electron chi connectivity index (χ4n) is 5.37. The monoisotopic (exact) mass is 504 g/mol. The second-order valence-corrected chi connectivity index (χ2v) is 10.5. The second-order valence-electron chi connectivity index (χ2n) is 10.5. The van der Waals surface area contributed by atoms with Crippen molar-refractivity contribution in [1.82, 2.24) is 34.7 Å². The molecular weight excluding hydrogens is 474 g/mol. The van der Waals surface area contributed by atoms with Gasteiger partial charge in [0.2, 0.25) is 5.95 Å². The minimum Gasteiger partial charge on any atom is -0.322 e. The van der Waals surface area contributed by atoms with Gasteiger partial charge in [-0.05, 0) is 51.0 Å². The van der Waals surface area contributed by atoms with Gasteiger partial charge in [-0.25, -0.2) is 28.7 Å². The predicted molar refractivity (Wildman–Crippen MR) is 139 cm³/mol. The first-order chi connectivity index (χ1) is 17.8. The van der Waals surface area contributed by atoms with Crippen LogP contribution in [0.15, 0.2) is 30.5 Å². The lowest BCUT2D eigenvalue weighted by molar-refractivity contribution is 0.232. The summed E-state index contributed by atoms with van der Waals surface area (Å²) in [5.41, 5.74) is 3.21. The summed E-state index contributed by atoms with van der Waals surface area (Å²) in [6.45, 7) is 11.0. The molecule has 0 atom stereocenters. The molecule has 1 saturated heterocycles. The fourth-order valence-corrected chi connectivity index (χ4v) is 5.37. The van der Waals surface area contributed by atoms with Crippen LogP contribution in [0, 0.1) is 18.6 Å². The topological polar surface area (TPSA) is 83.8 Å². The molecule has 8 nitrogen and oxygen atoms in total. The van der Waals surface area contributed by atoms with Crippen molar-refractivity contribution < 1.29 is 8.78 Å². The number of nitrogens with zero attached hydrogens (tertiary/aromatic N) is 6. The molecule has 5 heterocycles. The van der Waals surface area contributed by atoms with Crippen LogP contribution in [0.4, 0.5) is 20.5 Å². The van der Waals surface area contributed by atoms with Gasteiger partial charge in [0.1, 0.15) is 22.9 Å². The predicted octanol–water partition coefficient (Wildman–Crippen LogP) is 4.31. The fraction of sp³-hybridized carbons (Fsp3) is 0.407. The number of aromatic nitrogens is 5. The minimum absolute atomic E-state index is 0.0247. The molecule has 6 rings (SSSR count). The summed E-state index contributed by atoms with van der Waals surface area (Å²) in [5, 5.41) is 6.44. The average Bonchev–Trinajstić information content (AvgIpc) is 3.40. The highest BCUT2D eigenvalue weighted by molar-refractivity contribution is 5.83.